The van der Waals surface area contributed by atoms with Gasteiger partial charge in [-0.25, -0.2) is 0 Å². The molecule has 0 aliphatic carbocycles. The van der Waals surface area contributed by atoms with Crippen LogP contribution < -0.4 is 0 Å². The van der Waals surface area contributed by atoms with Crippen LogP contribution in [-0.4, -0.2) is 30.7 Å². The van der Waals surface area contributed by atoms with Crippen LogP contribution in [-0.2, 0) is 6.54 Å². The Labute approximate surface area is 182 Å². The van der Waals surface area contributed by atoms with Gasteiger partial charge < -0.3 is 8.98 Å². The first-order valence-electron chi connectivity index (χ1n) is 9.58. The summed E-state index contributed by atoms with van der Waals surface area (Å²) in [4.78, 5) is 13.3. The van der Waals surface area contributed by atoms with Crippen LogP contribution in [0, 0.1) is 6.92 Å². The molecule has 0 radical (unpaired) electrons. The number of carbonyl (C=O) groups excluding carboxylic acids is 1. The van der Waals surface area contributed by atoms with Crippen LogP contribution in [0.25, 0.3) is 22.4 Å². The average molecular weight is 430 g/mol. The SMILES string of the molecule is Cc1ccc2c(c1)c(C(=O)c1nnc(-c3ccnnc3)o1)cn2Cc1ccc(Cl)cc1. The topological polar surface area (TPSA) is 86.7 Å². The first-order chi connectivity index (χ1) is 15.1. The first-order valence-corrected chi connectivity index (χ1v) is 9.95. The van der Waals surface area contributed by atoms with Crippen LogP contribution in [0.3, 0.4) is 0 Å². The Morgan fingerprint density at radius 1 is 1.06 bits per heavy atom. The van der Waals surface area contributed by atoms with Crippen molar-refractivity contribution in [1.29, 1.82) is 0 Å². The van der Waals surface area contributed by atoms with E-state index in [-0.39, 0.29) is 17.6 Å². The van der Waals surface area contributed by atoms with E-state index in [2.05, 4.69) is 20.4 Å². The molecule has 0 saturated carbocycles. The van der Waals surface area contributed by atoms with Gasteiger partial charge in [-0.3, -0.25) is 4.79 Å². The molecule has 0 amide bonds. The number of carbonyl (C=O) groups is 1. The van der Waals surface area contributed by atoms with Gasteiger partial charge in [0.1, 0.15) is 0 Å². The molecule has 0 unspecified atom stereocenters. The van der Waals surface area contributed by atoms with E-state index in [9.17, 15) is 4.79 Å². The molecule has 3 aromatic heterocycles. The van der Waals surface area contributed by atoms with Crippen molar-refractivity contribution < 1.29 is 9.21 Å². The van der Waals surface area contributed by atoms with Gasteiger partial charge in [-0.15, -0.1) is 10.2 Å². The Morgan fingerprint density at radius 3 is 2.68 bits per heavy atom. The highest BCUT2D eigenvalue weighted by Crippen LogP contribution is 2.27. The second-order valence-electron chi connectivity index (χ2n) is 7.19. The molecule has 0 fully saturated rings. The number of aromatic nitrogens is 5. The number of hydrogen-bond donors (Lipinski definition) is 0. The molecule has 0 bridgehead atoms. The molecule has 0 atom stereocenters. The van der Waals surface area contributed by atoms with E-state index in [1.54, 1.807) is 6.07 Å². The minimum atomic E-state index is -0.328. The van der Waals surface area contributed by atoms with E-state index < -0.39 is 0 Å². The molecule has 0 N–H and O–H groups in total. The number of ketones is 1. The normalized spacial score (nSPS) is 11.2. The van der Waals surface area contributed by atoms with Crippen LogP contribution in [0.2, 0.25) is 5.02 Å². The van der Waals surface area contributed by atoms with Gasteiger partial charge in [-0.2, -0.15) is 10.2 Å². The van der Waals surface area contributed by atoms with Crippen molar-refractivity contribution in [3.05, 3.63) is 94.7 Å². The van der Waals surface area contributed by atoms with E-state index in [4.69, 9.17) is 16.0 Å². The van der Waals surface area contributed by atoms with Gasteiger partial charge in [0.15, 0.2) is 0 Å². The van der Waals surface area contributed by atoms with Crippen LogP contribution in [0.15, 0.2) is 71.5 Å². The molecule has 7 nitrogen and oxygen atoms in total. The molecule has 152 valence electrons. The summed E-state index contributed by atoms with van der Waals surface area (Å²) in [6.07, 6.45) is 4.86. The van der Waals surface area contributed by atoms with Gasteiger partial charge in [-0.1, -0.05) is 35.4 Å². The van der Waals surface area contributed by atoms with Crippen LogP contribution in [0.1, 0.15) is 27.4 Å². The molecule has 0 aliphatic heterocycles. The zero-order valence-electron chi connectivity index (χ0n) is 16.5. The minimum absolute atomic E-state index is 0.0705. The molecule has 2 aromatic carbocycles. The van der Waals surface area contributed by atoms with Gasteiger partial charge in [0.25, 0.3) is 11.7 Å². The molecule has 31 heavy (non-hydrogen) atoms. The van der Waals surface area contributed by atoms with Crippen molar-refractivity contribution in [3.8, 4) is 11.5 Å². The monoisotopic (exact) mass is 429 g/mol. The fourth-order valence-corrected chi connectivity index (χ4v) is 3.60. The lowest BCUT2D eigenvalue weighted by atomic mass is 10.1. The van der Waals surface area contributed by atoms with Crippen molar-refractivity contribution in [3.63, 3.8) is 0 Å². The fourth-order valence-electron chi connectivity index (χ4n) is 3.47. The number of halogens is 1. The van der Waals surface area contributed by atoms with Crippen molar-refractivity contribution in [2.24, 2.45) is 0 Å². The second kappa shape index (κ2) is 7.77. The Kier molecular flexibility index (Phi) is 4.80. The summed E-state index contributed by atoms with van der Waals surface area (Å²) in [6.45, 7) is 2.59. The van der Waals surface area contributed by atoms with Crippen LogP contribution in [0.5, 0.6) is 0 Å². The standard InChI is InChI=1S/C23H16ClN5O2/c1-14-2-7-20-18(10-14)19(13-29(20)12-15-3-5-17(24)6-4-15)21(30)23-28-27-22(31-23)16-8-9-25-26-11-16/h2-11,13H,12H2,1H3. The van der Waals surface area contributed by atoms with Gasteiger partial charge in [0, 0.05) is 28.7 Å². The lowest BCUT2D eigenvalue weighted by Gasteiger charge is -2.06. The molecular weight excluding hydrogens is 414 g/mol. The molecule has 3 heterocycles. The van der Waals surface area contributed by atoms with E-state index in [0.29, 0.717) is 22.7 Å². The number of nitrogens with zero attached hydrogens (tertiary/aromatic N) is 5. The third-order valence-corrected chi connectivity index (χ3v) is 5.25. The Morgan fingerprint density at radius 2 is 1.90 bits per heavy atom. The van der Waals surface area contributed by atoms with Gasteiger partial charge in [-0.05, 0) is 42.8 Å². The Bertz CT molecular complexity index is 1390. The summed E-state index contributed by atoms with van der Waals surface area (Å²) in [7, 11) is 0. The number of aryl methyl sites for hydroxylation is 1. The summed E-state index contributed by atoms with van der Waals surface area (Å²) in [5, 5.41) is 17.0. The molecule has 0 saturated heterocycles. The van der Waals surface area contributed by atoms with E-state index in [1.807, 2.05) is 60.2 Å². The highest BCUT2D eigenvalue weighted by atomic mass is 35.5. The van der Waals surface area contributed by atoms with Gasteiger partial charge in [0.2, 0.25) is 5.89 Å². The zero-order chi connectivity index (χ0) is 21.4. The van der Waals surface area contributed by atoms with E-state index in [0.717, 1.165) is 22.0 Å². The highest BCUT2D eigenvalue weighted by Gasteiger charge is 2.22. The molecule has 0 aliphatic rings. The number of rotatable bonds is 5. The maximum atomic E-state index is 13.3. The third kappa shape index (κ3) is 3.71. The highest BCUT2D eigenvalue weighted by molar-refractivity contribution is 6.30. The predicted molar refractivity (Wildman–Crippen MR) is 116 cm³/mol. The smallest absolute Gasteiger partial charge is 0.289 e. The zero-order valence-corrected chi connectivity index (χ0v) is 17.2. The van der Waals surface area contributed by atoms with Gasteiger partial charge in [0.05, 0.1) is 23.5 Å². The lowest BCUT2D eigenvalue weighted by molar-refractivity contribution is 0.100. The van der Waals surface area contributed by atoms with Crippen LogP contribution in [0.4, 0.5) is 0 Å². The molecule has 5 rings (SSSR count). The summed E-state index contributed by atoms with van der Waals surface area (Å²) < 4.78 is 7.68. The molecule has 0 spiro atoms. The lowest BCUT2D eigenvalue weighted by Crippen LogP contribution is -2.02. The molecular formula is C23H16ClN5O2. The van der Waals surface area contributed by atoms with Crippen molar-refractivity contribution in [2.75, 3.05) is 0 Å². The number of hydrogen-bond acceptors (Lipinski definition) is 6. The van der Waals surface area contributed by atoms with E-state index in [1.165, 1.54) is 12.4 Å². The summed E-state index contributed by atoms with van der Waals surface area (Å²) in [5.74, 6) is -0.176. The third-order valence-electron chi connectivity index (χ3n) is 5.00. The number of benzene rings is 2. The fraction of sp³-hybridized carbons (Fsp3) is 0.0870. The first kappa shape index (κ1) is 19.1. The number of fused-ring (bicyclic) bond motifs is 1. The Hall–Kier alpha value is -3.84. The Balaban J connectivity index is 1.55. The summed E-state index contributed by atoms with van der Waals surface area (Å²) in [5.41, 5.74) is 4.19. The molecule has 8 heteroatoms. The maximum absolute atomic E-state index is 13.3. The second-order valence-corrected chi connectivity index (χ2v) is 7.63. The quantitative estimate of drug-likeness (QED) is 0.375. The minimum Gasteiger partial charge on any atom is -0.413 e. The summed E-state index contributed by atoms with van der Waals surface area (Å²) >= 11 is 6.00. The summed E-state index contributed by atoms with van der Waals surface area (Å²) in [6, 6.07) is 15.4. The van der Waals surface area contributed by atoms with Crippen molar-refractivity contribution >= 4 is 28.3 Å². The van der Waals surface area contributed by atoms with Crippen LogP contribution >= 0.6 is 11.6 Å². The average Bonchev–Trinajstić information content (AvgIpc) is 3.41. The predicted octanol–water partition coefficient (Wildman–Crippen LogP) is 4.72. The largest absolute Gasteiger partial charge is 0.413 e. The van der Waals surface area contributed by atoms with Crippen molar-refractivity contribution in [2.45, 2.75) is 13.5 Å². The maximum Gasteiger partial charge on any atom is 0.289 e. The van der Waals surface area contributed by atoms with E-state index >= 15 is 0 Å². The van der Waals surface area contributed by atoms with Gasteiger partial charge >= 0.3 is 0 Å². The molecule has 5 aromatic rings. The van der Waals surface area contributed by atoms with Crippen molar-refractivity contribution in [1.82, 2.24) is 25.0 Å².